The highest BCUT2D eigenvalue weighted by Crippen LogP contribution is 2.26. The van der Waals surface area contributed by atoms with E-state index in [1.54, 1.807) is 0 Å². The SMILES string of the molecule is CCCNC(c1cccc(C)c1C)c1cncn1C. The minimum absolute atomic E-state index is 0.215. The molecule has 1 N–H and O–H groups in total. The second kappa shape index (κ2) is 6.02. The van der Waals surface area contributed by atoms with Gasteiger partial charge in [-0.15, -0.1) is 0 Å². The van der Waals surface area contributed by atoms with Crippen molar-refractivity contribution in [2.45, 2.75) is 33.2 Å². The Morgan fingerprint density at radius 1 is 1.32 bits per heavy atom. The Balaban J connectivity index is 2.43. The summed E-state index contributed by atoms with van der Waals surface area (Å²) in [6.45, 7) is 7.56. The zero-order valence-corrected chi connectivity index (χ0v) is 12.3. The lowest BCUT2D eigenvalue weighted by Crippen LogP contribution is -2.25. The second-order valence-corrected chi connectivity index (χ2v) is 5.11. The van der Waals surface area contributed by atoms with E-state index < -0.39 is 0 Å². The van der Waals surface area contributed by atoms with E-state index >= 15 is 0 Å². The summed E-state index contributed by atoms with van der Waals surface area (Å²) in [5.74, 6) is 0. The zero-order chi connectivity index (χ0) is 13.8. The number of benzene rings is 1. The Morgan fingerprint density at radius 3 is 2.74 bits per heavy atom. The number of aryl methyl sites for hydroxylation is 2. The Hall–Kier alpha value is -1.61. The molecule has 102 valence electrons. The van der Waals surface area contributed by atoms with E-state index in [4.69, 9.17) is 0 Å². The molecule has 0 saturated carbocycles. The number of aromatic nitrogens is 2. The highest BCUT2D eigenvalue weighted by atomic mass is 15.1. The Labute approximate surface area is 115 Å². The van der Waals surface area contributed by atoms with Gasteiger partial charge in [0.1, 0.15) is 0 Å². The van der Waals surface area contributed by atoms with E-state index in [0.717, 1.165) is 13.0 Å². The molecule has 1 atom stereocenters. The molecule has 1 aromatic heterocycles. The Bertz CT molecular complexity index is 543. The van der Waals surface area contributed by atoms with Crippen LogP contribution in [0.4, 0.5) is 0 Å². The van der Waals surface area contributed by atoms with Crippen molar-refractivity contribution < 1.29 is 0 Å². The van der Waals surface area contributed by atoms with Crippen molar-refractivity contribution in [3.05, 3.63) is 53.1 Å². The topological polar surface area (TPSA) is 29.9 Å². The fourth-order valence-electron chi connectivity index (χ4n) is 2.39. The maximum absolute atomic E-state index is 4.25. The molecule has 3 heteroatoms. The van der Waals surface area contributed by atoms with Gasteiger partial charge in [0.25, 0.3) is 0 Å². The van der Waals surface area contributed by atoms with E-state index in [-0.39, 0.29) is 6.04 Å². The highest BCUT2D eigenvalue weighted by Gasteiger charge is 2.18. The first kappa shape index (κ1) is 13.8. The third kappa shape index (κ3) is 2.87. The third-order valence-corrected chi connectivity index (χ3v) is 3.71. The molecule has 19 heavy (non-hydrogen) atoms. The zero-order valence-electron chi connectivity index (χ0n) is 12.3. The molecule has 0 aliphatic carbocycles. The summed E-state index contributed by atoms with van der Waals surface area (Å²) in [5.41, 5.74) is 5.25. The number of imidazole rings is 1. The first-order valence-corrected chi connectivity index (χ1v) is 6.90. The van der Waals surface area contributed by atoms with Gasteiger partial charge in [0.2, 0.25) is 0 Å². The minimum Gasteiger partial charge on any atom is -0.336 e. The quantitative estimate of drug-likeness (QED) is 0.892. The molecule has 1 aromatic carbocycles. The van der Waals surface area contributed by atoms with Gasteiger partial charge in [-0.25, -0.2) is 4.98 Å². The van der Waals surface area contributed by atoms with Gasteiger partial charge in [0.05, 0.1) is 24.3 Å². The number of rotatable bonds is 5. The first-order valence-electron chi connectivity index (χ1n) is 6.90. The summed E-state index contributed by atoms with van der Waals surface area (Å²) in [6, 6.07) is 6.73. The molecule has 2 aromatic rings. The molecule has 0 amide bonds. The van der Waals surface area contributed by atoms with Crippen LogP contribution < -0.4 is 5.32 Å². The van der Waals surface area contributed by atoms with Crippen LogP contribution in [0.5, 0.6) is 0 Å². The smallest absolute Gasteiger partial charge is 0.0946 e. The highest BCUT2D eigenvalue weighted by molar-refractivity contribution is 5.38. The van der Waals surface area contributed by atoms with Gasteiger partial charge in [-0.3, -0.25) is 0 Å². The summed E-state index contributed by atoms with van der Waals surface area (Å²) >= 11 is 0. The second-order valence-electron chi connectivity index (χ2n) is 5.11. The molecule has 0 spiro atoms. The number of nitrogens with zero attached hydrogens (tertiary/aromatic N) is 2. The molecule has 0 aliphatic rings. The lowest BCUT2D eigenvalue weighted by atomic mass is 9.95. The summed E-state index contributed by atoms with van der Waals surface area (Å²) in [6.07, 6.45) is 4.94. The summed E-state index contributed by atoms with van der Waals surface area (Å²) in [5, 5.41) is 3.64. The van der Waals surface area contributed by atoms with Crippen LogP contribution in [-0.4, -0.2) is 16.1 Å². The summed E-state index contributed by atoms with van der Waals surface area (Å²) in [4.78, 5) is 4.25. The molecule has 0 bridgehead atoms. The first-order chi connectivity index (χ1) is 9.15. The number of hydrogen-bond acceptors (Lipinski definition) is 2. The van der Waals surface area contributed by atoms with Crippen LogP contribution >= 0.6 is 0 Å². The van der Waals surface area contributed by atoms with Crippen molar-refractivity contribution >= 4 is 0 Å². The summed E-state index contributed by atoms with van der Waals surface area (Å²) in [7, 11) is 2.05. The van der Waals surface area contributed by atoms with Crippen LogP contribution in [0.3, 0.4) is 0 Å². The average Bonchev–Trinajstić information content (AvgIpc) is 2.81. The van der Waals surface area contributed by atoms with E-state index in [2.05, 4.69) is 53.8 Å². The van der Waals surface area contributed by atoms with Gasteiger partial charge in [-0.2, -0.15) is 0 Å². The van der Waals surface area contributed by atoms with Crippen molar-refractivity contribution in [2.24, 2.45) is 7.05 Å². The molecule has 1 unspecified atom stereocenters. The maximum Gasteiger partial charge on any atom is 0.0946 e. The lowest BCUT2D eigenvalue weighted by molar-refractivity contribution is 0.567. The molecule has 1 heterocycles. The molecule has 0 aliphatic heterocycles. The normalized spacial score (nSPS) is 12.6. The Morgan fingerprint density at radius 2 is 2.11 bits per heavy atom. The standard InChI is InChI=1S/C16H23N3/c1-5-9-18-16(15-10-17-11-19(15)4)14-8-6-7-12(2)13(14)3/h6-8,10-11,16,18H,5,9H2,1-4H3. The van der Waals surface area contributed by atoms with E-state index in [1.165, 1.54) is 22.4 Å². The van der Waals surface area contributed by atoms with Gasteiger partial charge in [0.15, 0.2) is 0 Å². The minimum atomic E-state index is 0.215. The van der Waals surface area contributed by atoms with Crippen LogP contribution in [0.15, 0.2) is 30.7 Å². The third-order valence-electron chi connectivity index (χ3n) is 3.71. The predicted molar refractivity (Wildman–Crippen MR) is 79.3 cm³/mol. The van der Waals surface area contributed by atoms with Crippen LogP contribution in [0.25, 0.3) is 0 Å². The van der Waals surface area contributed by atoms with Crippen LogP contribution in [0, 0.1) is 13.8 Å². The van der Waals surface area contributed by atoms with Crippen molar-refractivity contribution in [3.63, 3.8) is 0 Å². The Kier molecular flexibility index (Phi) is 4.38. The molecular formula is C16H23N3. The molecule has 0 saturated heterocycles. The van der Waals surface area contributed by atoms with E-state index in [9.17, 15) is 0 Å². The van der Waals surface area contributed by atoms with Crippen LogP contribution in [0.1, 0.15) is 41.8 Å². The fraction of sp³-hybridized carbons (Fsp3) is 0.438. The molecular weight excluding hydrogens is 234 g/mol. The summed E-state index contributed by atoms with van der Waals surface area (Å²) < 4.78 is 2.09. The van der Waals surface area contributed by atoms with Crippen molar-refractivity contribution in [1.82, 2.24) is 14.9 Å². The monoisotopic (exact) mass is 257 g/mol. The molecule has 0 radical (unpaired) electrons. The van der Waals surface area contributed by atoms with Gasteiger partial charge >= 0.3 is 0 Å². The van der Waals surface area contributed by atoms with Gasteiger partial charge in [-0.1, -0.05) is 25.1 Å². The van der Waals surface area contributed by atoms with Crippen LogP contribution in [0.2, 0.25) is 0 Å². The molecule has 3 nitrogen and oxygen atoms in total. The largest absolute Gasteiger partial charge is 0.336 e. The van der Waals surface area contributed by atoms with E-state index in [0.29, 0.717) is 0 Å². The fourth-order valence-corrected chi connectivity index (χ4v) is 2.39. The van der Waals surface area contributed by atoms with Gasteiger partial charge < -0.3 is 9.88 Å². The van der Waals surface area contributed by atoms with Crippen molar-refractivity contribution in [1.29, 1.82) is 0 Å². The van der Waals surface area contributed by atoms with Crippen molar-refractivity contribution in [3.8, 4) is 0 Å². The maximum atomic E-state index is 4.25. The van der Waals surface area contributed by atoms with Crippen LogP contribution in [-0.2, 0) is 7.05 Å². The van der Waals surface area contributed by atoms with Gasteiger partial charge in [-0.05, 0) is 43.5 Å². The molecule has 0 fully saturated rings. The lowest BCUT2D eigenvalue weighted by Gasteiger charge is -2.22. The predicted octanol–water partition coefficient (Wildman–Crippen LogP) is 3.13. The number of nitrogens with one attached hydrogen (secondary N) is 1. The van der Waals surface area contributed by atoms with Gasteiger partial charge in [0, 0.05) is 7.05 Å². The van der Waals surface area contributed by atoms with E-state index in [1.807, 2.05) is 19.6 Å². The average molecular weight is 257 g/mol. The number of hydrogen-bond donors (Lipinski definition) is 1. The molecule has 2 rings (SSSR count). The van der Waals surface area contributed by atoms with Crippen molar-refractivity contribution in [2.75, 3.05) is 6.54 Å².